The first-order chi connectivity index (χ1) is 8.62. The molecule has 1 spiro atoms. The van der Waals surface area contributed by atoms with Crippen molar-refractivity contribution in [2.75, 3.05) is 4.90 Å². The molecule has 1 heterocycles. The van der Waals surface area contributed by atoms with Gasteiger partial charge in [-0.25, -0.2) is 9.69 Å². The molecule has 1 saturated heterocycles. The fourth-order valence-corrected chi connectivity index (χ4v) is 2.89. The minimum atomic E-state index is -0.656. The van der Waals surface area contributed by atoms with Crippen LogP contribution in [0.3, 0.4) is 0 Å². The second kappa shape index (κ2) is 3.99. The summed E-state index contributed by atoms with van der Waals surface area (Å²) in [4.78, 5) is 25.7. The van der Waals surface area contributed by atoms with Gasteiger partial charge in [0.1, 0.15) is 5.54 Å². The molecule has 3 amide bonds. The summed E-state index contributed by atoms with van der Waals surface area (Å²) in [6.07, 6.45) is 3.45. The van der Waals surface area contributed by atoms with Gasteiger partial charge in [-0.3, -0.25) is 4.79 Å². The maximum Gasteiger partial charge on any atom is 0.329 e. The quantitative estimate of drug-likeness (QED) is 0.793. The van der Waals surface area contributed by atoms with Crippen molar-refractivity contribution < 1.29 is 9.59 Å². The summed E-state index contributed by atoms with van der Waals surface area (Å²) in [6.45, 7) is 0. The lowest BCUT2D eigenvalue weighted by molar-refractivity contribution is -0.121. The highest BCUT2D eigenvalue weighted by molar-refractivity contribution is 6.30. The van der Waals surface area contributed by atoms with E-state index in [0.717, 1.165) is 25.7 Å². The second-order valence-corrected chi connectivity index (χ2v) is 5.27. The highest BCUT2D eigenvalue weighted by atomic mass is 35.5. The summed E-state index contributed by atoms with van der Waals surface area (Å²) >= 11 is 5.81. The van der Waals surface area contributed by atoms with Gasteiger partial charge in [0.15, 0.2) is 0 Å². The van der Waals surface area contributed by atoms with Crippen molar-refractivity contribution in [3.05, 3.63) is 29.3 Å². The molecule has 2 fully saturated rings. The van der Waals surface area contributed by atoms with Gasteiger partial charge in [0.2, 0.25) is 0 Å². The minimum absolute atomic E-state index is 0.132. The van der Waals surface area contributed by atoms with Crippen molar-refractivity contribution in [1.82, 2.24) is 5.32 Å². The number of halogens is 1. The Hall–Kier alpha value is -1.55. The number of carbonyl (C=O) groups is 2. The van der Waals surface area contributed by atoms with Crippen LogP contribution in [0.4, 0.5) is 10.5 Å². The van der Waals surface area contributed by atoms with Gasteiger partial charge in [-0.2, -0.15) is 0 Å². The molecule has 0 aromatic heterocycles. The number of imide groups is 1. The summed E-state index contributed by atoms with van der Waals surface area (Å²) < 4.78 is 0. The van der Waals surface area contributed by atoms with Crippen LogP contribution in [0.1, 0.15) is 25.7 Å². The normalized spacial score (nSPS) is 21.7. The van der Waals surface area contributed by atoms with Crippen LogP contribution < -0.4 is 10.2 Å². The van der Waals surface area contributed by atoms with E-state index in [1.54, 1.807) is 24.3 Å². The van der Waals surface area contributed by atoms with Gasteiger partial charge in [0, 0.05) is 5.02 Å². The Kier molecular flexibility index (Phi) is 2.55. The number of carbonyl (C=O) groups excluding carboxylic acids is 2. The van der Waals surface area contributed by atoms with E-state index in [2.05, 4.69) is 5.32 Å². The van der Waals surface area contributed by atoms with E-state index < -0.39 is 5.54 Å². The summed E-state index contributed by atoms with van der Waals surface area (Å²) in [5.74, 6) is -0.132. The summed E-state index contributed by atoms with van der Waals surface area (Å²) in [5, 5.41) is 3.43. The number of amides is 3. The molecule has 0 atom stereocenters. The molecule has 1 aromatic carbocycles. The Labute approximate surface area is 110 Å². The molecule has 4 nitrogen and oxygen atoms in total. The predicted molar refractivity (Wildman–Crippen MR) is 68.7 cm³/mol. The summed E-state index contributed by atoms with van der Waals surface area (Å²) in [7, 11) is 0. The SMILES string of the molecule is O=C1NC2(CCCC2)C(=O)N1c1ccc(Cl)cc1. The smallest absolute Gasteiger partial charge is 0.323 e. The molecule has 0 radical (unpaired) electrons. The number of hydrogen-bond acceptors (Lipinski definition) is 2. The first-order valence-electron chi connectivity index (χ1n) is 6.05. The van der Waals surface area contributed by atoms with E-state index in [4.69, 9.17) is 11.6 Å². The lowest BCUT2D eigenvalue weighted by Gasteiger charge is -2.19. The van der Waals surface area contributed by atoms with Gasteiger partial charge >= 0.3 is 6.03 Å². The van der Waals surface area contributed by atoms with Crippen LogP contribution in [0.25, 0.3) is 0 Å². The molecule has 5 heteroatoms. The molecule has 18 heavy (non-hydrogen) atoms. The molecule has 0 unspecified atom stereocenters. The van der Waals surface area contributed by atoms with Crippen molar-refractivity contribution >= 4 is 29.2 Å². The maximum absolute atomic E-state index is 12.4. The topological polar surface area (TPSA) is 49.4 Å². The predicted octanol–water partition coefficient (Wildman–Crippen LogP) is 2.71. The van der Waals surface area contributed by atoms with E-state index in [0.29, 0.717) is 10.7 Å². The molecular weight excluding hydrogens is 252 g/mol. The van der Waals surface area contributed by atoms with E-state index in [1.807, 2.05) is 0 Å². The molecule has 1 aromatic rings. The Morgan fingerprint density at radius 2 is 1.72 bits per heavy atom. The Morgan fingerprint density at radius 3 is 2.33 bits per heavy atom. The third-order valence-corrected chi connectivity index (χ3v) is 3.96. The number of nitrogens with zero attached hydrogens (tertiary/aromatic N) is 1. The molecule has 2 aliphatic rings. The third-order valence-electron chi connectivity index (χ3n) is 3.70. The van der Waals surface area contributed by atoms with Gasteiger partial charge in [0.05, 0.1) is 5.69 Å². The third kappa shape index (κ3) is 1.60. The van der Waals surface area contributed by atoms with E-state index in [-0.39, 0.29) is 11.9 Å². The molecule has 1 aliphatic carbocycles. The number of benzene rings is 1. The van der Waals surface area contributed by atoms with Gasteiger partial charge in [-0.05, 0) is 37.1 Å². The van der Waals surface area contributed by atoms with Gasteiger partial charge in [0.25, 0.3) is 5.91 Å². The first-order valence-corrected chi connectivity index (χ1v) is 6.42. The van der Waals surface area contributed by atoms with Crippen molar-refractivity contribution in [3.63, 3.8) is 0 Å². The zero-order valence-corrected chi connectivity index (χ0v) is 10.5. The van der Waals surface area contributed by atoms with Crippen LogP contribution in [0.2, 0.25) is 5.02 Å². The lowest BCUT2D eigenvalue weighted by Crippen LogP contribution is -2.44. The van der Waals surface area contributed by atoms with E-state index >= 15 is 0 Å². The lowest BCUT2D eigenvalue weighted by atomic mass is 9.98. The van der Waals surface area contributed by atoms with Crippen molar-refractivity contribution in [2.45, 2.75) is 31.2 Å². The van der Waals surface area contributed by atoms with Crippen LogP contribution in [0, 0.1) is 0 Å². The molecular formula is C13H13ClN2O2. The van der Waals surface area contributed by atoms with E-state index in [1.165, 1.54) is 4.90 Å². The van der Waals surface area contributed by atoms with Gasteiger partial charge in [-0.1, -0.05) is 24.4 Å². The van der Waals surface area contributed by atoms with Crippen LogP contribution in [0.5, 0.6) is 0 Å². The largest absolute Gasteiger partial charge is 0.329 e. The Balaban J connectivity index is 1.95. The van der Waals surface area contributed by atoms with Crippen molar-refractivity contribution in [1.29, 1.82) is 0 Å². The molecule has 1 saturated carbocycles. The molecule has 3 rings (SSSR count). The minimum Gasteiger partial charge on any atom is -0.323 e. The van der Waals surface area contributed by atoms with Gasteiger partial charge in [-0.15, -0.1) is 0 Å². The number of urea groups is 1. The summed E-state index contributed by atoms with van der Waals surface area (Å²) in [5.41, 5.74) is -0.0813. The molecule has 0 bridgehead atoms. The van der Waals surface area contributed by atoms with E-state index in [9.17, 15) is 9.59 Å². The number of anilines is 1. The maximum atomic E-state index is 12.4. The number of rotatable bonds is 1. The van der Waals surface area contributed by atoms with Crippen molar-refractivity contribution in [3.8, 4) is 0 Å². The highest BCUT2D eigenvalue weighted by Gasteiger charge is 2.52. The summed E-state index contributed by atoms with van der Waals surface area (Å²) in [6, 6.07) is 6.40. The average molecular weight is 265 g/mol. The van der Waals surface area contributed by atoms with Crippen LogP contribution in [-0.4, -0.2) is 17.5 Å². The zero-order valence-electron chi connectivity index (χ0n) is 9.78. The fourth-order valence-electron chi connectivity index (χ4n) is 2.76. The van der Waals surface area contributed by atoms with Crippen molar-refractivity contribution in [2.24, 2.45) is 0 Å². The first kappa shape index (κ1) is 11.5. The van der Waals surface area contributed by atoms with Crippen LogP contribution in [-0.2, 0) is 4.79 Å². The average Bonchev–Trinajstić information content (AvgIpc) is 2.89. The Morgan fingerprint density at radius 1 is 1.11 bits per heavy atom. The van der Waals surface area contributed by atoms with Crippen LogP contribution >= 0.6 is 11.6 Å². The molecule has 1 aliphatic heterocycles. The zero-order chi connectivity index (χ0) is 12.8. The number of nitrogens with one attached hydrogen (secondary N) is 1. The molecule has 94 valence electrons. The van der Waals surface area contributed by atoms with Crippen LogP contribution in [0.15, 0.2) is 24.3 Å². The fraction of sp³-hybridized carbons (Fsp3) is 0.385. The standard InChI is InChI=1S/C13H13ClN2O2/c14-9-3-5-10(6-4-9)16-11(17)13(15-12(16)18)7-1-2-8-13/h3-6H,1-2,7-8H2,(H,15,18). The Bertz CT molecular complexity index is 506. The monoisotopic (exact) mass is 264 g/mol. The highest BCUT2D eigenvalue weighted by Crippen LogP contribution is 2.37. The molecule has 1 N–H and O–H groups in total. The van der Waals surface area contributed by atoms with Gasteiger partial charge < -0.3 is 5.32 Å². The second-order valence-electron chi connectivity index (χ2n) is 4.84. The number of hydrogen-bond donors (Lipinski definition) is 1.